The van der Waals surface area contributed by atoms with Gasteiger partial charge in [0.1, 0.15) is 11.6 Å². The molecule has 0 aliphatic carbocycles. The Morgan fingerprint density at radius 2 is 2.07 bits per heavy atom. The molecular formula is C32H31ClN4O4. The third-order valence-corrected chi connectivity index (χ3v) is 8.68. The number of carbonyl (C=O) groups is 1. The minimum absolute atomic E-state index is 0.109. The molecule has 8 nitrogen and oxygen atoms in total. The molecule has 4 aromatic rings. The number of methoxy groups -OCH3 is 1. The standard InChI is InChI=1S/C32H31ClN4O4/c1-19-30-20(3-4-21-6-10-28(41-31(21)30)26-9-7-23(33)16-34-26)11-13-36(19)18-29-35-25-8-5-22(32(38)39-2)15-27(25)37(29)17-24-12-14-40-24/h3-10,15-16,19,24,28H,11-14,17-18H2,1-2H3/t19?,24-,28+/m0/s1. The number of halogens is 1. The minimum Gasteiger partial charge on any atom is -0.479 e. The molecule has 2 aromatic carbocycles. The number of carbonyl (C=O) groups excluding carboxylic acids is 1. The summed E-state index contributed by atoms with van der Waals surface area (Å²) in [4.78, 5) is 24.3. The summed E-state index contributed by atoms with van der Waals surface area (Å²) in [6.45, 7) is 5.30. The predicted octanol–water partition coefficient (Wildman–Crippen LogP) is 5.93. The van der Waals surface area contributed by atoms with Gasteiger partial charge in [-0.2, -0.15) is 0 Å². The van der Waals surface area contributed by atoms with Crippen molar-refractivity contribution in [2.75, 3.05) is 20.3 Å². The van der Waals surface area contributed by atoms with Crippen LogP contribution in [0.3, 0.4) is 0 Å². The van der Waals surface area contributed by atoms with Gasteiger partial charge in [-0.3, -0.25) is 9.88 Å². The maximum Gasteiger partial charge on any atom is 0.337 e. The summed E-state index contributed by atoms with van der Waals surface area (Å²) in [6.07, 6.45) is 7.64. The highest BCUT2D eigenvalue weighted by Crippen LogP contribution is 2.43. The Balaban J connectivity index is 1.21. The number of esters is 1. The Morgan fingerprint density at radius 3 is 2.83 bits per heavy atom. The van der Waals surface area contributed by atoms with Gasteiger partial charge in [0.25, 0.3) is 0 Å². The lowest BCUT2D eigenvalue weighted by Crippen LogP contribution is -2.36. The normalized spacial score (nSPS) is 21.6. The van der Waals surface area contributed by atoms with Gasteiger partial charge in [-0.1, -0.05) is 29.8 Å². The van der Waals surface area contributed by atoms with Gasteiger partial charge in [0, 0.05) is 36.5 Å². The zero-order valence-corrected chi connectivity index (χ0v) is 23.8. The molecule has 3 aliphatic heterocycles. The van der Waals surface area contributed by atoms with Crippen LogP contribution in [0.5, 0.6) is 5.75 Å². The lowest BCUT2D eigenvalue weighted by atomic mass is 9.89. The van der Waals surface area contributed by atoms with Crippen molar-refractivity contribution in [3.05, 3.63) is 93.5 Å². The van der Waals surface area contributed by atoms with Crippen molar-refractivity contribution in [2.45, 2.75) is 51.1 Å². The molecule has 5 heterocycles. The molecule has 7 rings (SSSR count). The Bertz CT molecular complexity index is 1660. The summed E-state index contributed by atoms with van der Waals surface area (Å²) in [6, 6.07) is 13.8. The van der Waals surface area contributed by atoms with Gasteiger partial charge < -0.3 is 18.8 Å². The van der Waals surface area contributed by atoms with Crippen molar-refractivity contribution >= 4 is 34.7 Å². The number of imidazole rings is 1. The van der Waals surface area contributed by atoms with E-state index in [1.165, 1.54) is 18.2 Å². The van der Waals surface area contributed by atoms with Gasteiger partial charge in [0.05, 0.1) is 53.6 Å². The number of nitrogens with zero attached hydrogens (tertiary/aromatic N) is 4. The van der Waals surface area contributed by atoms with Gasteiger partial charge in [0.15, 0.2) is 6.10 Å². The maximum absolute atomic E-state index is 12.3. The number of benzene rings is 2. The summed E-state index contributed by atoms with van der Waals surface area (Å²) >= 11 is 6.07. The van der Waals surface area contributed by atoms with E-state index in [1.54, 1.807) is 12.3 Å². The summed E-state index contributed by atoms with van der Waals surface area (Å²) in [5, 5.41) is 0.604. The quantitative estimate of drug-likeness (QED) is 0.266. The molecule has 0 saturated carbocycles. The average molecular weight is 571 g/mol. The molecule has 9 heteroatoms. The number of pyridine rings is 1. The van der Waals surface area contributed by atoms with Crippen molar-refractivity contribution in [1.82, 2.24) is 19.4 Å². The Hall–Kier alpha value is -3.72. The maximum atomic E-state index is 12.3. The van der Waals surface area contributed by atoms with E-state index in [0.29, 0.717) is 23.7 Å². The second-order valence-corrected chi connectivity index (χ2v) is 11.3. The van der Waals surface area contributed by atoms with Crippen LogP contribution in [-0.2, 0) is 29.0 Å². The van der Waals surface area contributed by atoms with E-state index >= 15 is 0 Å². The van der Waals surface area contributed by atoms with E-state index in [4.69, 9.17) is 30.8 Å². The van der Waals surface area contributed by atoms with Gasteiger partial charge in [0.2, 0.25) is 0 Å². The SMILES string of the molecule is COC(=O)c1ccc2nc(CN3CCc4ccc5c(c4C3C)O[C@@H](c3ccc(Cl)cn3)C=C5)n(C[C@@H]3CCO3)c2c1. The van der Waals surface area contributed by atoms with Crippen LogP contribution in [0, 0.1) is 0 Å². The Morgan fingerprint density at radius 1 is 1.20 bits per heavy atom. The minimum atomic E-state index is -0.353. The van der Waals surface area contributed by atoms with Crippen LogP contribution in [0.1, 0.15) is 64.1 Å². The zero-order valence-electron chi connectivity index (χ0n) is 23.0. The van der Waals surface area contributed by atoms with Gasteiger partial charge in [-0.05, 0) is 61.7 Å². The highest BCUT2D eigenvalue weighted by Gasteiger charge is 2.32. The van der Waals surface area contributed by atoms with E-state index in [1.807, 2.05) is 30.3 Å². The summed E-state index contributed by atoms with van der Waals surface area (Å²) in [7, 11) is 1.40. The fourth-order valence-electron chi connectivity index (χ4n) is 6.08. The Labute approximate surface area is 243 Å². The first kappa shape index (κ1) is 26.2. The summed E-state index contributed by atoms with van der Waals surface area (Å²) in [5.41, 5.74) is 6.73. The molecule has 1 saturated heterocycles. The van der Waals surface area contributed by atoms with Crippen LogP contribution >= 0.6 is 11.6 Å². The van der Waals surface area contributed by atoms with E-state index in [2.05, 4.69) is 39.6 Å². The van der Waals surface area contributed by atoms with Crippen LogP contribution in [0.15, 0.2) is 54.7 Å². The number of rotatable bonds is 6. The molecule has 41 heavy (non-hydrogen) atoms. The molecule has 0 amide bonds. The number of hydrogen-bond donors (Lipinski definition) is 0. The Kier molecular flexibility index (Phi) is 6.77. The summed E-state index contributed by atoms with van der Waals surface area (Å²) < 4.78 is 19.6. The van der Waals surface area contributed by atoms with E-state index in [-0.39, 0.29) is 24.2 Å². The van der Waals surface area contributed by atoms with Crippen LogP contribution in [0.4, 0.5) is 0 Å². The number of hydrogen-bond acceptors (Lipinski definition) is 7. The van der Waals surface area contributed by atoms with Gasteiger partial charge in [-0.25, -0.2) is 9.78 Å². The molecule has 0 spiro atoms. The first-order chi connectivity index (χ1) is 20.0. The fraction of sp³-hybridized carbons (Fsp3) is 0.344. The monoisotopic (exact) mass is 570 g/mol. The lowest BCUT2D eigenvalue weighted by molar-refractivity contribution is -0.0592. The van der Waals surface area contributed by atoms with Crippen molar-refractivity contribution in [2.24, 2.45) is 0 Å². The molecule has 1 fully saturated rings. The first-order valence-electron chi connectivity index (χ1n) is 14.0. The smallest absolute Gasteiger partial charge is 0.337 e. The fourth-order valence-corrected chi connectivity index (χ4v) is 6.19. The van der Waals surface area contributed by atoms with Crippen molar-refractivity contribution < 1.29 is 19.0 Å². The third-order valence-electron chi connectivity index (χ3n) is 8.46. The van der Waals surface area contributed by atoms with Crippen LogP contribution in [0.25, 0.3) is 17.1 Å². The van der Waals surface area contributed by atoms with Crippen molar-refractivity contribution in [1.29, 1.82) is 0 Å². The molecular weight excluding hydrogens is 540 g/mol. The molecule has 210 valence electrons. The van der Waals surface area contributed by atoms with Crippen molar-refractivity contribution in [3.63, 3.8) is 0 Å². The van der Waals surface area contributed by atoms with E-state index in [0.717, 1.165) is 59.9 Å². The first-order valence-corrected chi connectivity index (χ1v) is 14.4. The topological polar surface area (TPSA) is 78.7 Å². The average Bonchev–Trinajstić information content (AvgIpc) is 3.31. The van der Waals surface area contributed by atoms with E-state index < -0.39 is 0 Å². The molecule has 0 radical (unpaired) electrons. The largest absolute Gasteiger partial charge is 0.479 e. The predicted molar refractivity (Wildman–Crippen MR) is 156 cm³/mol. The van der Waals surface area contributed by atoms with Gasteiger partial charge in [-0.15, -0.1) is 0 Å². The number of aromatic nitrogens is 3. The zero-order chi connectivity index (χ0) is 28.1. The molecule has 3 aliphatic rings. The second-order valence-electron chi connectivity index (χ2n) is 10.9. The van der Waals surface area contributed by atoms with Crippen LogP contribution in [0.2, 0.25) is 5.02 Å². The third kappa shape index (κ3) is 4.80. The summed E-state index contributed by atoms with van der Waals surface area (Å²) in [5.74, 6) is 1.53. The lowest BCUT2D eigenvalue weighted by Gasteiger charge is -2.38. The highest BCUT2D eigenvalue weighted by atomic mass is 35.5. The van der Waals surface area contributed by atoms with Crippen LogP contribution < -0.4 is 4.74 Å². The number of ether oxygens (including phenoxy) is 3. The molecule has 1 unspecified atom stereocenters. The molecule has 0 bridgehead atoms. The number of fused-ring (bicyclic) bond motifs is 4. The van der Waals surface area contributed by atoms with E-state index in [9.17, 15) is 4.79 Å². The van der Waals surface area contributed by atoms with Crippen LogP contribution in [-0.4, -0.2) is 51.8 Å². The molecule has 2 aromatic heterocycles. The molecule has 3 atom stereocenters. The molecule has 0 N–H and O–H groups in total. The van der Waals surface area contributed by atoms with Crippen molar-refractivity contribution in [3.8, 4) is 5.75 Å². The van der Waals surface area contributed by atoms with Gasteiger partial charge >= 0.3 is 5.97 Å². The second kappa shape index (κ2) is 10.6. The highest BCUT2D eigenvalue weighted by molar-refractivity contribution is 6.30.